The third-order valence-electron chi connectivity index (χ3n) is 3.85. The fourth-order valence-corrected chi connectivity index (χ4v) is 2.57. The van der Waals surface area contributed by atoms with E-state index in [0.717, 1.165) is 28.0 Å². The van der Waals surface area contributed by atoms with Crippen LogP contribution in [0.5, 0.6) is 5.75 Å². The summed E-state index contributed by atoms with van der Waals surface area (Å²) in [6.45, 7) is 6.32. The average molecular weight is 250 g/mol. The molecule has 2 rings (SSSR count). The molecule has 0 saturated carbocycles. The quantitative estimate of drug-likeness (QED) is 0.891. The Balaban J connectivity index is 2.62. The molecule has 1 fully saturated rings. The van der Waals surface area contributed by atoms with E-state index in [0.29, 0.717) is 0 Å². The lowest BCUT2D eigenvalue weighted by Crippen LogP contribution is -2.53. The SMILES string of the molecule is COc1c(C)cc(C2(C(=O)O)COC2)c(C)c1C. The average Bonchev–Trinajstić information content (AvgIpc) is 2.23. The Bertz CT molecular complexity index is 501. The normalized spacial score (nSPS) is 17.1. The van der Waals surface area contributed by atoms with Crippen LogP contribution in [0.4, 0.5) is 0 Å². The van der Waals surface area contributed by atoms with Crippen molar-refractivity contribution in [2.45, 2.75) is 26.2 Å². The van der Waals surface area contributed by atoms with Gasteiger partial charge >= 0.3 is 5.97 Å². The van der Waals surface area contributed by atoms with Crippen LogP contribution in [0.15, 0.2) is 6.07 Å². The molecule has 4 heteroatoms. The largest absolute Gasteiger partial charge is 0.496 e. The Labute approximate surface area is 107 Å². The molecule has 1 N–H and O–H groups in total. The van der Waals surface area contributed by atoms with E-state index in [1.807, 2.05) is 26.8 Å². The lowest BCUT2D eigenvalue weighted by Gasteiger charge is -2.39. The van der Waals surface area contributed by atoms with Crippen molar-refractivity contribution >= 4 is 5.97 Å². The van der Waals surface area contributed by atoms with E-state index in [1.165, 1.54) is 0 Å². The van der Waals surface area contributed by atoms with Gasteiger partial charge in [-0.05, 0) is 43.0 Å². The first-order valence-electron chi connectivity index (χ1n) is 5.90. The number of carboxylic acid groups (broad SMARTS) is 1. The number of carbonyl (C=O) groups is 1. The van der Waals surface area contributed by atoms with Crippen molar-refractivity contribution in [1.82, 2.24) is 0 Å². The van der Waals surface area contributed by atoms with Gasteiger partial charge in [0.15, 0.2) is 0 Å². The molecule has 1 aromatic rings. The molecule has 0 aliphatic carbocycles. The monoisotopic (exact) mass is 250 g/mol. The molecule has 1 saturated heterocycles. The summed E-state index contributed by atoms with van der Waals surface area (Å²) in [6, 6.07) is 1.91. The van der Waals surface area contributed by atoms with Crippen molar-refractivity contribution in [1.29, 1.82) is 0 Å². The van der Waals surface area contributed by atoms with Gasteiger partial charge in [-0.15, -0.1) is 0 Å². The van der Waals surface area contributed by atoms with Gasteiger partial charge in [-0.2, -0.15) is 0 Å². The molecule has 1 aromatic carbocycles. The van der Waals surface area contributed by atoms with E-state index in [2.05, 4.69) is 0 Å². The smallest absolute Gasteiger partial charge is 0.318 e. The number of hydrogen-bond donors (Lipinski definition) is 1. The number of carboxylic acids is 1. The summed E-state index contributed by atoms with van der Waals surface area (Å²) in [5, 5.41) is 9.46. The van der Waals surface area contributed by atoms with Crippen LogP contribution in [-0.4, -0.2) is 31.4 Å². The number of methoxy groups -OCH3 is 1. The fraction of sp³-hybridized carbons (Fsp3) is 0.500. The standard InChI is InChI=1S/C14H18O4/c1-8-5-11(9(2)10(3)12(8)17-4)14(13(15)16)6-18-7-14/h5H,6-7H2,1-4H3,(H,15,16). The van der Waals surface area contributed by atoms with E-state index in [-0.39, 0.29) is 13.2 Å². The number of benzene rings is 1. The topological polar surface area (TPSA) is 55.8 Å². The van der Waals surface area contributed by atoms with Gasteiger partial charge in [0, 0.05) is 0 Å². The molecule has 0 aromatic heterocycles. The zero-order valence-electron chi connectivity index (χ0n) is 11.2. The van der Waals surface area contributed by atoms with E-state index in [4.69, 9.17) is 9.47 Å². The Hall–Kier alpha value is -1.55. The minimum Gasteiger partial charge on any atom is -0.496 e. The molecular weight excluding hydrogens is 232 g/mol. The molecule has 0 spiro atoms. The molecule has 1 aliphatic rings. The molecule has 98 valence electrons. The molecule has 1 aliphatic heterocycles. The third-order valence-corrected chi connectivity index (χ3v) is 3.85. The maximum atomic E-state index is 11.5. The highest BCUT2D eigenvalue weighted by Gasteiger charge is 2.49. The van der Waals surface area contributed by atoms with E-state index in [9.17, 15) is 9.90 Å². The van der Waals surface area contributed by atoms with Crippen LogP contribution < -0.4 is 4.74 Å². The van der Waals surface area contributed by atoms with E-state index < -0.39 is 11.4 Å². The first-order valence-corrected chi connectivity index (χ1v) is 5.90. The molecule has 1 heterocycles. The van der Waals surface area contributed by atoms with Crippen molar-refractivity contribution in [3.8, 4) is 5.75 Å². The Morgan fingerprint density at radius 1 is 1.33 bits per heavy atom. The fourth-order valence-electron chi connectivity index (χ4n) is 2.57. The second-order valence-electron chi connectivity index (χ2n) is 4.90. The lowest BCUT2D eigenvalue weighted by molar-refractivity contribution is -0.163. The molecule has 18 heavy (non-hydrogen) atoms. The Kier molecular flexibility index (Phi) is 3.07. The third kappa shape index (κ3) is 1.60. The second kappa shape index (κ2) is 4.28. The molecule has 0 amide bonds. The van der Waals surface area contributed by atoms with Crippen molar-refractivity contribution in [3.63, 3.8) is 0 Å². The van der Waals surface area contributed by atoms with Crippen LogP contribution in [0.3, 0.4) is 0 Å². The molecule has 0 atom stereocenters. The first-order chi connectivity index (χ1) is 8.44. The minimum atomic E-state index is -0.883. The van der Waals surface area contributed by atoms with Gasteiger partial charge in [-0.3, -0.25) is 4.79 Å². The molecule has 0 unspecified atom stereocenters. The van der Waals surface area contributed by atoms with Crippen LogP contribution in [-0.2, 0) is 14.9 Å². The van der Waals surface area contributed by atoms with Crippen molar-refractivity contribution in [2.75, 3.05) is 20.3 Å². The zero-order chi connectivity index (χ0) is 13.5. The van der Waals surface area contributed by atoms with Crippen LogP contribution in [0.25, 0.3) is 0 Å². The van der Waals surface area contributed by atoms with Gasteiger partial charge < -0.3 is 14.6 Å². The predicted molar refractivity (Wildman–Crippen MR) is 67.3 cm³/mol. The highest BCUT2D eigenvalue weighted by atomic mass is 16.5. The van der Waals surface area contributed by atoms with Gasteiger partial charge in [0.05, 0.1) is 20.3 Å². The van der Waals surface area contributed by atoms with E-state index >= 15 is 0 Å². The van der Waals surface area contributed by atoms with Crippen molar-refractivity contribution in [2.24, 2.45) is 0 Å². The molecule has 0 bridgehead atoms. The van der Waals surface area contributed by atoms with Gasteiger partial charge in [0.2, 0.25) is 0 Å². The van der Waals surface area contributed by atoms with Gasteiger partial charge in [-0.25, -0.2) is 0 Å². The maximum absolute atomic E-state index is 11.5. The number of ether oxygens (including phenoxy) is 2. The minimum absolute atomic E-state index is 0.244. The van der Waals surface area contributed by atoms with Gasteiger partial charge in [0.25, 0.3) is 0 Å². The summed E-state index contributed by atoms with van der Waals surface area (Å²) >= 11 is 0. The van der Waals surface area contributed by atoms with Crippen LogP contribution in [0.1, 0.15) is 22.3 Å². The van der Waals surface area contributed by atoms with Crippen LogP contribution in [0, 0.1) is 20.8 Å². The lowest BCUT2D eigenvalue weighted by atomic mass is 9.75. The van der Waals surface area contributed by atoms with Crippen LogP contribution >= 0.6 is 0 Å². The zero-order valence-corrected chi connectivity index (χ0v) is 11.2. The van der Waals surface area contributed by atoms with Gasteiger partial charge in [0.1, 0.15) is 11.2 Å². The van der Waals surface area contributed by atoms with E-state index in [1.54, 1.807) is 7.11 Å². The maximum Gasteiger partial charge on any atom is 0.318 e. The number of rotatable bonds is 3. The highest BCUT2D eigenvalue weighted by molar-refractivity contribution is 5.84. The van der Waals surface area contributed by atoms with Crippen LogP contribution in [0.2, 0.25) is 0 Å². The number of hydrogen-bond acceptors (Lipinski definition) is 3. The Morgan fingerprint density at radius 2 is 1.94 bits per heavy atom. The number of aryl methyl sites for hydroxylation is 1. The second-order valence-corrected chi connectivity index (χ2v) is 4.90. The molecule has 0 radical (unpaired) electrons. The summed E-state index contributed by atoms with van der Waals surface area (Å²) in [5.41, 5.74) is 2.90. The van der Waals surface area contributed by atoms with Crippen molar-refractivity contribution in [3.05, 3.63) is 28.3 Å². The summed E-state index contributed by atoms with van der Waals surface area (Å²) in [5.74, 6) is 0.0119. The highest BCUT2D eigenvalue weighted by Crippen LogP contribution is 2.39. The van der Waals surface area contributed by atoms with Crippen molar-refractivity contribution < 1.29 is 19.4 Å². The summed E-state index contributed by atoms with van der Waals surface area (Å²) in [6.07, 6.45) is 0. The summed E-state index contributed by atoms with van der Waals surface area (Å²) in [7, 11) is 1.63. The molecular formula is C14H18O4. The predicted octanol–water partition coefficient (Wildman–Crippen LogP) is 1.97. The first kappa shape index (κ1) is 12.9. The summed E-state index contributed by atoms with van der Waals surface area (Å²) in [4.78, 5) is 11.5. The molecule has 4 nitrogen and oxygen atoms in total. The summed E-state index contributed by atoms with van der Waals surface area (Å²) < 4.78 is 10.5. The Morgan fingerprint density at radius 3 is 2.33 bits per heavy atom. The van der Waals surface area contributed by atoms with Gasteiger partial charge in [-0.1, -0.05) is 6.07 Å². The number of aliphatic carboxylic acids is 1.